The van der Waals surface area contributed by atoms with Crippen molar-refractivity contribution in [2.24, 2.45) is 0 Å². The molecule has 0 aliphatic heterocycles. The third kappa shape index (κ3) is 11.1. The second-order valence-corrected chi connectivity index (χ2v) is 1.59. The largest absolute Gasteiger partial charge is 2.00 e. The normalized spacial score (nSPS) is 9.00. The van der Waals surface area contributed by atoms with E-state index in [9.17, 15) is 4.57 Å². The fourth-order valence-electron chi connectivity index (χ4n) is 0.0861. The predicted molar refractivity (Wildman–Crippen MR) is 31.8 cm³/mol. The van der Waals surface area contributed by atoms with Crippen molar-refractivity contribution in [3.63, 3.8) is 0 Å². The first kappa shape index (κ1) is 11.2. The SMILES string of the molecule is CC(C)OP=O.[Ca+2].[H-].[H-]. The summed E-state index contributed by atoms with van der Waals surface area (Å²) in [4.78, 5) is 0. The molecular weight excluding hydrogens is 139 g/mol. The summed E-state index contributed by atoms with van der Waals surface area (Å²) < 4.78 is 13.9. The van der Waals surface area contributed by atoms with Crippen molar-refractivity contribution < 1.29 is 11.9 Å². The first-order valence-electron chi connectivity index (χ1n) is 1.76. The van der Waals surface area contributed by atoms with E-state index in [2.05, 4.69) is 4.52 Å². The Kier molecular flexibility index (Phi) is 11.7. The molecule has 0 aliphatic carbocycles. The molecule has 0 heterocycles. The van der Waals surface area contributed by atoms with Gasteiger partial charge in [0.25, 0.3) is 0 Å². The molecule has 0 fully saturated rings. The van der Waals surface area contributed by atoms with Gasteiger partial charge in [0.05, 0.1) is 6.10 Å². The Morgan fingerprint density at radius 1 is 1.71 bits per heavy atom. The van der Waals surface area contributed by atoms with E-state index in [1.54, 1.807) is 0 Å². The Bertz CT molecular complexity index is 55.1. The van der Waals surface area contributed by atoms with Gasteiger partial charge in [-0.2, -0.15) is 0 Å². The topological polar surface area (TPSA) is 26.3 Å². The molecule has 0 bridgehead atoms. The van der Waals surface area contributed by atoms with E-state index in [0.29, 0.717) is 0 Å². The van der Waals surface area contributed by atoms with Crippen LogP contribution in [0.15, 0.2) is 0 Å². The Balaban J connectivity index is -0.0000000417. The molecule has 2 nitrogen and oxygen atoms in total. The van der Waals surface area contributed by atoms with E-state index in [1.807, 2.05) is 13.8 Å². The van der Waals surface area contributed by atoms with Gasteiger partial charge in [0.2, 0.25) is 0 Å². The van der Waals surface area contributed by atoms with Crippen molar-refractivity contribution in [2.75, 3.05) is 0 Å². The van der Waals surface area contributed by atoms with Gasteiger partial charge in [0.15, 0.2) is 0 Å². The van der Waals surface area contributed by atoms with Crippen molar-refractivity contribution in [2.45, 2.75) is 20.0 Å². The molecule has 0 aromatic carbocycles. The van der Waals surface area contributed by atoms with Gasteiger partial charge in [-0.15, -0.1) is 0 Å². The van der Waals surface area contributed by atoms with Crippen molar-refractivity contribution in [3.05, 3.63) is 0 Å². The molecule has 0 unspecified atom stereocenters. The van der Waals surface area contributed by atoms with E-state index < -0.39 is 0 Å². The fourth-order valence-corrected chi connectivity index (χ4v) is 0.258. The van der Waals surface area contributed by atoms with Gasteiger partial charge in [0, 0.05) is 0 Å². The van der Waals surface area contributed by atoms with E-state index >= 15 is 0 Å². The third-order valence-electron chi connectivity index (χ3n) is 0.254. The first-order valence-corrected chi connectivity index (χ1v) is 2.49. The maximum Gasteiger partial charge on any atom is 2.00 e. The Hall–Kier alpha value is 1.32. The van der Waals surface area contributed by atoms with Crippen molar-refractivity contribution in [1.29, 1.82) is 0 Å². The molecular formula is C3H9CaO2P. The molecule has 0 aliphatic rings. The Morgan fingerprint density at radius 3 is 2.14 bits per heavy atom. The van der Waals surface area contributed by atoms with Crippen LogP contribution in [0.4, 0.5) is 0 Å². The predicted octanol–water partition coefficient (Wildman–Crippen LogP) is 1.46. The minimum atomic E-state index is -0.226. The summed E-state index contributed by atoms with van der Waals surface area (Å²) >= 11 is 0. The number of rotatable bonds is 2. The molecule has 0 rings (SSSR count). The van der Waals surface area contributed by atoms with Crippen LogP contribution in [0.2, 0.25) is 0 Å². The summed E-state index contributed by atoms with van der Waals surface area (Å²) in [6, 6.07) is 0. The molecule has 0 saturated carbocycles. The van der Waals surface area contributed by atoms with Crippen LogP contribution in [-0.2, 0) is 9.09 Å². The second kappa shape index (κ2) is 7.32. The number of hydrogen-bond donors (Lipinski definition) is 0. The van der Waals surface area contributed by atoms with Gasteiger partial charge >= 0.3 is 46.4 Å². The third-order valence-corrected chi connectivity index (χ3v) is 0.762. The monoisotopic (exact) mass is 148 g/mol. The van der Waals surface area contributed by atoms with Crippen LogP contribution in [0, 0.1) is 0 Å². The molecule has 0 aromatic heterocycles. The smallest absolute Gasteiger partial charge is 1.00 e. The average Bonchev–Trinajstić information content (AvgIpc) is 1.35. The number of hydrogen-bond acceptors (Lipinski definition) is 2. The average molecular weight is 148 g/mol. The van der Waals surface area contributed by atoms with Crippen LogP contribution >= 0.6 is 8.69 Å². The zero-order valence-electron chi connectivity index (χ0n) is 6.55. The van der Waals surface area contributed by atoms with E-state index in [0.717, 1.165) is 0 Å². The molecule has 0 atom stereocenters. The van der Waals surface area contributed by atoms with E-state index in [1.165, 1.54) is 0 Å². The second-order valence-electron chi connectivity index (χ2n) is 1.23. The van der Waals surface area contributed by atoms with Crippen LogP contribution < -0.4 is 0 Å². The van der Waals surface area contributed by atoms with Crippen molar-refractivity contribution in [1.82, 2.24) is 0 Å². The molecule has 4 heteroatoms. The van der Waals surface area contributed by atoms with Gasteiger partial charge in [-0.3, -0.25) is 4.52 Å². The molecule has 0 N–H and O–H groups in total. The Labute approximate surface area is 77.9 Å². The van der Waals surface area contributed by atoms with Crippen LogP contribution in [0.3, 0.4) is 0 Å². The molecule has 0 spiro atoms. The zero-order valence-corrected chi connectivity index (χ0v) is 7.65. The first-order chi connectivity index (χ1) is 2.77. The molecule has 0 saturated heterocycles. The quantitative estimate of drug-likeness (QED) is 0.437. The molecule has 0 amide bonds. The van der Waals surface area contributed by atoms with Gasteiger partial charge in [-0.25, -0.2) is 4.57 Å². The Morgan fingerprint density at radius 2 is 2.14 bits per heavy atom. The molecule has 0 radical (unpaired) electrons. The molecule has 0 aromatic rings. The van der Waals surface area contributed by atoms with Crippen LogP contribution in [0.5, 0.6) is 0 Å². The molecule has 40 valence electrons. The minimum absolute atomic E-state index is 0. The van der Waals surface area contributed by atoms with Crippen LogP contribution in [-0.4, -0.2) is 43.8 Å². The summed E-state index contributed by atoms with van der Waals surface area (Å²) in [6.45, 7) is 3.65. The summed E-state index contributed by atoms with van der Waals surface area (Å²) in [6.07, 6.45) is 0.0733. The summed E-state index contributed by atoms with van der Waals surface area (Å²) in [7, 11) is -0.226. The minimum Gasteiger partial charge on any atom is -1.00 e. The van der Waals surface area contributed by atoms with Crippen molar-refractivity contribution >= 4 is 46.4 Å². The van der Waals surface area contributed by atoms with Crippen LogP contribution in [0.1, 0.15) is 16.7 Å². The summed E-state index contributed by atoms with van der Waals surface area (Å²) in [5.41, 5.74) is 0. The molecule has 7 heavy (non-hydrogen) atoms. The van der Waals surface area contributed by atoms with Gasteiger partial charge in [-0.1, -0.05) is 0 Å². The van der Waals surface area contributed by atoms with Gasteiger partial charge in [0.1, 0.15) is 0 Å². The standard InChI is InChI=1S/C3H7O2P.Ca.2H/c1-3(2)5-6-4;;;/h3H,1-2H3;;;/q;+2;2*-1. The van der Waals surface area contributed by atoms with Crippen molar-refractivity contribution in [3.8, 4) is 0 Å². The summed E-state index contributed by atoms with van der Waals surface area (Å²) in [5.74, 6) is 0. The summed E-state index contributed by atoms with van der Waals surface area (Å²) in [5, 5.41) is 0. The van der Waals surface area contributed by atoms with Gasteiger partial charge < -0.3 is 2.85 Å². The maximum atomic E-state index is 9.49. The van der Waals surface area contributed by atoms with E-state index in [-0.39, 0.29) is 55.4 Å². The fraction of sp³-hybridized carbons (Fsp3) is 1.00. The van der Waals surface area contributed by atoms with Gasteiger partial charge in [-0.05, 0) is 13.8 Å². The maximum absolute atomic E-state index is 9.49. The van der Waals surface area contributed by atoms with E-state index in [4.69, 9.17) is 0 Å². The zero-order chi connectivity index (χ0) is 4.99. The van der Waals surface area contributed by atoms with Crippen LogP contribution in [0.25, 0.3) is 0 Å².